The number of halogens is 1. The molecule has 0 aliphatic heterocycles. The van der Waals surface area contributed by atoms with Crippen LogP contribution in [0.3, 0.4) is 0 Å². The molecule has 27 heavy (non-hydrogen) atoms. The van der Waals surface area contributed by atoms with Crippen molar-refractivity contribution in [2.75, 3.05) is 4.72 Å². The van der Waals surface area contributed by atoms with Crippen LogP contribution in [0.25, 0.3) is 0 Å². The molecular formula is C19H18ClN3O3S. The fourth-order valence-corrected chi connectivity index (χ4v) is 3.58. The summed E-state index contributed by atoms with van der Waals surface area (Å²) in [6.45, 7) is 3.79. The molecule has 0 amide bonds. The zero-order valence-electron chi connectivity index (χ0n) is 14.8. The number of rotatable bonds is 6. The summed E-state index contributed by atoms with van der Waals surface area (Å²) in [5.41, 5.74) is 1.85. The van der Waals surface area contributed by atoms with Crippen molar-refractivity contribution in [3.63, 3.8) is 0 Å². The van der Waals surface area contributed by atoms with Gasteiger partial charge in [0, 0.05) is 12.4 Å². The summed E-state index contributed by atoms with van der Waals surface area (Å²) in [4.78, 5) is 8.40. The minimum absolute atomic E-state index is 0.0873. The third-order valence-corrected chi connectivity index (χ3v) is 5.46. The highest BCUT2D eigenvalue weighted by atomic mass is 35.5. The van der Waals surface area contributed by atoms with Gasteiger partial charge in [-0.15, -0.1) is 0 Å². The van der Waals surface area contributed by atoms with Gasteiger partial charge < -0.3 is 4.74 Å². The number of nitrogens with one attached hydrogen (secondary N) is 1. The monoisotopic (exact) mass is 403 g/mol. The second-order valence-electron chi connectivity index (χ2n) is 5.80. The number of benzene rings is 1. The molecule has 0 saturated carbocycles. The lowest BCUT2D eigenvalue weighted by Gasteiger charge is -2.14. The molecule has 0 radical (unpaired) electrons. The number of anilines is 1. The van der Waals surface area contributed by atoms with Gasteiger partial charge in [-0.3, -0.25) is 9.71 Å². The van der Waals surface area contributed by atoms with Gasteiger partial charge in [0.15, 0.2) is 5.75 Å². The number of sulfonamides is 1. The number of hydrogen-bond donors (Lipinski definition) is 1. The van der Waals surface area contributed by atoms with Crippen LogP contribution in [-0.4, -0.2) is 18.4 Å². The lowest BCUT2D eigenvalue weighted by Crippen LogP contribution is -2.14. The first-order valence-corrected chi connectivity index (χ1v) is 10.1. The molecule has 2 aromatic heterocycles. The standard InChI is InChI=1S/C19H18ClN3O3S/c1-3-14-6-8-16(9-7-14)27(24,25)23-17-11-15(20)12-22-19(17)26-18-5-4-10-21-13(18)2/h4-12,23H,3H2,1-2H3. The molecule has 0 aliphatic rings. The van der Waals surface area contributed by atoms with E-state index < -0.39 is 10.0 Å². The third kappa shape index (κ3) is 4.56. The van der Waals surface area contributed by atoms with Crippen molar-refractivity contribution in [2.45, 2.75) is 25.2 Å². The van der Waals surface area contributed by atoms with E-state index in [0.717, 1.165) is 12.0 Å². The normalized spacial score (nSPS) is 11.2. The van der Waals surface area contributed by atoms with Crippen LogP contribution >= 0.6 is 11.6 Å². The Morgan fingerprint density at radius 3 is 2.56 bits per heavy atom. The molecule has 1 aromatic carbocycles. The van der Waals surface area contributed by atoms with Crippen LogP contribution in [0.15, 0.2) is 59.8 Å². The van der Waals surface area contributed by atoms with Crippen molar-refractivity contribution in [1.29, 1.82) is 0 Å². The minimum Gasteiger partial charge on any atom is -0.435 e. The summed E-state index contributed by atoms with van der Waals surface area (Å²) in [5.74, 6) is 0.560. The van der Waals surface area contributed by atoms with Gasteiger partial charge >= 0.3 is 0 Å². The smallest absolute Gasteiger partial charge is 0.262 e. The Kier molecular flexibility index (Phi) is 5.62. The van der Waals surface area contributed by atoms with Crippen LogP contribution in [0.4, 0.5) is 5.69 Å². The van der Waals surface area contributed by atoms with Crippen molar-refractivity contribution < 1.29 is 13.2 Å². The molecular weight excluding hydrogens is 386 g/mol. The van der Waals surface area contributed by atoms with E-state index in [4.69, 9.17) is 16.3 Å². The number of aryl methyl sites for hydroxylation is 2. The maximum absolute atomic E-state index is 12.7. The maximum Gasteiger partial charge on any atom is 0.262 e. The van der Waals surface area contributed by atoms with Gasteiger partial charge in [-0.05, 0) is 49.2 Å². The number of hydrogen-bond acceptors (Lipinski definition) is 5. The topological polar surface area (TPSA) is 81.2 Å². The summed E-state index contributed by atoms with van der Waals surface area (Å²) in [6, 6.07) is 11.6. The molecule has 0 bridgehead atoms. The lowest BCUT2D eigenvalue weighted by atomic mass is 10.2. The van der Waals surface area contributed by atoms with Crippen molar-refractivity contribution in [2.24, 2.45) is 0 Å². The third-order valence-electron chi connectivity index (χ3n) is 3.87. The molecule has 0 atom stereocenters. The van der Waals surface area contributed by atoms with E-state index in [0.29, 0.717) is 11.4 Å². The van der Waals surface area contributed by atoms with Crippen LogP contribution in [0.1, 0.15) is 18.2 Å². The first-order chi connectivity index (χ1) is 12.9. The molecule has 0 fully saturated rings. The number of nitrogens with zero attached hydrogens (tertiary/aromatic N) is 2. The molecule has 0 unspecified atom stereocenters. The molecule has 0 spiro atoms. The Morgan fingerprint density at radius 2 is 1.89 bits per heavy atom. The molecule has 2 heterocycles. The van der Waals surface area contributed by atoms with Crippen molar-refractivity contribution >= 4 is 27.3 Å². The van der Waals surface area contributed by atoms with E-state index in [1.54, 1.807) is 49.5 Å². The van der Waals surface area contributed by atoms with Crippen molar-refractivity contribution in [1.82, 2.24) is 9.97 Å². The molecule has 8 heteroatoms. The van der Waals surface area contributed by atoms with Gasteiger partial charge in [-0.25, -0.2) is 13.4 Å². The van der Waals surface area contributed by atoms with Gasteiger partial charge in [0.05, 0.1) is 15.6 Å². The first-order valence-electron chi connectivity index (χ1n) is 8.26. The Hall–Kier alpha value is -2.64. The zero-order chi connectivity index (χ0) is 19.4. The van der Waals surface area contributed by atoms with E-state index in [9.17, 15) is 8.42 Å². The van der Waals surface area contributed by atoms with Crippen LogP contribution in [-0.2, 0) is 16.4 Å². The number of aromatic nitrogens is 2. The van der Waals surface area contributed by atoms with Crippen LogP contribution in [0.5, 0.6) is 11.6 Å². The molecule has 3 aromatic rings. The quantitative estimate of drug-likeness (QED) is 0.650. The van der Waals surface area contributed by atoms with Gasteiger partial charge in [0.1, 0.15) is 5.69 Å². The van der Waals surface area contributed by atoms with Crippen LogP contribution in [0.2, 0.25) is 5.02 Å². The molecule has 0 saturated heterocycles. The summed E-state index contributed by atoms with van der Waals surface area (Å²) in [5, 5.41) is 0.282. The van der Waals surface area contributed by atoms with Gasteiger partial charge in [0.2, 0.25) is 5.88 Å². The SMILES string of the molecule is CCc1ccc(S(=O)(=O)Nc2cc(Cl)cnc2Oc2cccnc2C)cc1. The Bertz CT molecular complexity index is 1050. The van der Waals surface area contributed by atoms with E-state index >= 15 is 0 Å². The van der Waals surface area contributed by atoms with Crippen LogP contribution in [0, 0.1) is 6.92 Å². The van der Waals surface area contributed by atoms with Crippen molar-refractivity contribution in [3.8, 4) is 11.6 Å². The van der Waals surface area contributed by atoms with Gasteiger partial charge in [0.25, 0.3) is 10.0 Å². The maximum atomic E-state index is 12.7. The highest BCUT2D eigenvalue weighted by Crippen LogP contribution is 2.32. The zero-order valence-corrected chi connectivity index (χ0v) is 16.4. The Balaban J connectivity index is 1.93. The first kappa shape index (κ1) is 19.1. The van der Waals surface area contributed by atoms with E-state index in [2.05, 4.69) is 14.7 Å². The lowest BCUT2D eigenvalue weighted by molar-refractivity contribution is 0.459. The predicted molar refractivity (Wildman–Crippen MR) is 105 cm³/mol. The largest absolute Gasteiger partial charge is 0.435 e. The Labute approximate surface area is 163 Å². The molecule has 1 N–H and O–H groups in total. The average molecular weight is 404 g/mol. The number of ether oxygens (including phenoxy) is 1. The highest BCUT2D eigenvalue weighted by Gasteiger charge is 2.18. The molecule has 3 rings (SSSR count). The van der Waals surface area contributed by atoms with Crippen LogP contribution < -0.4 is 9.46 Å². The fraction of sp³-hybridized carbons (Fsp3) is 0.158. The summed E-state index contributed by atoms with van der Waals surface area (Å²) >= 11 is 6.00. The van der Waals surface area contributed by atoms with Gasteiger partial charge in [-0.2, -0.15) is 0 Å². The number of pyridine rings is 2. The van der Waals surface area contributed by atoms with E-state index in [-0.39, 0.29) is 21.5 Å². The second-order valence-corrected chi connectivity index (χ2v) is 7.92. The summed E-state index contributed by atoms with van der Waals surface area (Å²) in [7, 11) is -3.82. The van der Waals surface area contributed by atoms with E-state index in [1.165, 1.54) is 12.3 Å². The van der Waals surface area contributed by atoms with Gasteiger partial charge in [-0.1, -0.05) is 30.7 Å². The summed E-state index contributed by atoms with van der Waals surface area (Å²) < 4.78 is 33.7. The van der Waals surface area contributed by atoms with Crippen molar-refractivity contribution in [3.05, 3.63) is 71.1 Å². The molecule has 140 valence electrons. The Morgan fingerprint density at radius 1 is 1.15 bits per heavy atom. The predicted octanol–water partition coefficient (Wildman–Crippen LogP) is 4.59. The second kappa shape index (κ2) is 7.94. The highest BCUT2D eigenvalue weighted by molar-refractivity contribution is 7.92. The van der Waals surface area contributed by atoms with E-state index in [1.807, 2.05) is 6.92 Å². The summed E-state index contributed by atoms with van der Waals surface area (Å²) in [6.07, 6.45) is 3.85. The molecule has 6 nitrogen and oxygen atoms in total. The minimum atomic E-state index is -3.82. The molecule has 0 aliphatic carbocycles. The average Bonchev–Trinajstić information content (AvgIpc) is 2.65. The fourth-order valence-electron chi connectivity index (χ4n) is 2.37.